The van der Waals surface area contributed by atoms with E-state index in [0.29, 0.717) is 5.56 Å². The Bertz CT molecular complexity index is 636. The number of nitrogens with zero attached hydrogens (tertiary/aromatic N) is 2. The van der Waals surface area contributed by atoms with Gasteiger partial charge in [0.25, 0.3) is 0 Å². The predicted octanol–water partition coefficient (Wildman–Crippen LogP) is 2.94. The zero-order chi connectivity index (χ0) is 14.5. The van der Waals surface area contributed by atoms with Crippen molar-refractivity contribution in [2.24, 2.45) is 0 Å². The topological polar surface area (TPSA) is 59.9 Å². The van der Waals surface area contributed by atoms with Gasteiger partial charge >= 0.3 is 0 Å². The van der Waals surface area contributed by atoms with E-state index in [1.807, 2.05) is 26.0 Å². The summed E-state index contributed by atoms with van der Waals surface area (Å²) in [6.07, 6.45) is 3.35. The van der Waals surface area contributed by atoms with Crippen molar-refractivity contribution in [3.8, 4) is 0 Å². The normalized spacial score (nSPS) is 10.3. The second-order valence-electron chi connectivity index (χ2n) is 4.72. The number of carbonyl (C=O) groups excluding carboxylic acids is 2. The summed E-state index contributed by atoms with van der Waals surface area (Å²) >= 11 is 0. The van der Waals surface area contributed by atoms with Crippen LogP contribution in [0.2, 0.25) is 0 Å². The lowest BCUT2D eigenvalue weighted by atomic mass is 10.0. The number of hydrogen-bond donors (Lipinski definition) is 0. The van der Waals surface area contributed by atoms with Gasteiger partial charge < -0.3 is 0 Å². The minimum atomic E-state index is -0.206. The standard InChI is InChI=1S/C16H16N2O2/c1-11-4-5-13(10-12(11)2)14(19)6-7-15(20)16-17-8-3-9-18-16/h3-5,8-10H,6-7H2,1-2H3. The molecule has 0 N–H and O–H groups in total. The van der Waals surface area contributed by atoms with E-state index in [0.717, 1.165) is 11.1 Å². The van der Waals surface area contributed by atoms with Crippen molar-refractivity contribution < 1.29 is 9.59 Å². The molecule has 20 heavy (non-hydrogen) atoms. The number of Topliss-reactive ketones (excluding diaryl/α,β-unsaturated/α-hetero) is 2. The molecule has 0 radical (unpaired) electrons. The van der Waals surface area contributed by atoms with Gasteiger partial charge in [0, 0.05) is 30.8 Å². The van der Waals surface area contributed by atoms with E-state index >= 15 is 0 Å². The highest BCUT2D eigenvalue weighted by Gasteiger charge is 2.13. The monoisotopic (exact) mass is 268 g/mol. The van der Waals surface area contributed by atoms with E-state index < -0.39 is 0 Å². The Morgan fingerprint density at radius 2 is 1.60 bits per heavy atom. The molecule has 0 fully saturated rings. The highest BCUT2D eigenvalue weighted by Crippen LogP contribution is 2.13. The Kier molecular flexibility index (Phi) is 4.35. The molecule has 4 heteroatoms. The molecule has 0 spiro atoms. The second kappa shape index (κ2) is 6.19. The first-order valence-electron chi connectivity index (χ1n) is 6.48. The molecule has 1 aromatic heterocycles. The maximum Gasteiger partial charge on any atom is 0.200 e. The summed E-state index contributed by atoms with van der Waals surface area (Å²) in [5.41, 5.74) is 2.87. The van der Waals surface area contributed by atoms with Gasteiger partial charge in [0.1, 0.15) is 0 Å². The van der Waals surface area contributed by atoms with E-state index in [1.165, 1.54) is 12.4 Å². The minimum Gasteiger partial charge on any atom is -0.294 e. The molecule has 0 atom stereocenters. The SMILES string of the molecule is Cc1ccc(C(=O)CCC(=O)c2ncccn2)cc1C. The van der Waals surface area contributed by atoms with Gasteiger partial charge in [-0.25, -0.2) is 9.97 Å². The van der Waals surface area contributed by atoms with Crippen LogP contribution in [0.15, 0.2) is 36.7 Å². The van der Waals surface area contributed by atoms with Crippen LogP contribution in [0, 0.1) is 13.8 Å². The van der Waals surface area contributed by atoms with E-state index in [-0.39, 0.29) is 30.2 Å². The summed E-state index contributed by atoms with van der Waals surface area (Å²) in [4.78, 5) is 31.6. The molecule has 0 bridgehead atoms. The zero-order valence-corrected chi connectivity index (χ0v) is 11.6. The van der Waals surface area contributed by atoms with E-state index in [1.54, 1.807) is 12.1 Å². The molecule has 0 saturated carbocycles. The molecule has 0 saturated heterocycles. The average Bonchev–Trinajstić information content (AvgIpc) is 2.48. The van der Waals surface area contributed by atoms with Crippen molar-refractivity contribution in [2.75, 3.05) is 0 Å². The van der Waals surface area contributed by atoms with Crippen LogP contribution in [0.25, 0.3) is 0 Å². The van der Waals surface area contributed by atoms with Crippen LogP contribution < -0.4 is 0 Å². The lowest BCUT2D eigenvalue weighted by molar-refractivity contribution is 0.0912. The largest absolute Gasteiger partial charge is 0.294 e. The summed E-state index contributed by atoms with van der Waals surface area (Å²) < 4.78 is 0. The van der Waals surface area contributed by atoms with Crippen molar-refractivity contribution in [1.29, 1.82) is 0 Å². The van der Waals surface area contributed by atoms with E-state index in [2.05, 4.69) is 9.97 Å². The fourth-order valence-electron chi connectivity index (χ4n) is 1.84. The Hall–Kier alpha value is -2.36. The summed E-state index contributed by atoms with van der Waals surface area (Å²) in [6.45, 7) is 3.97. The fourth-order valence-corrected chi connectivity index (χ4v) is 1.84. The molecule has 2 aromatic rings. The van der Waals surface area contributed by atoms with Gasteiger partial charge in [0.05, 0.1) is 0 Å². The van der Waals surface area contributed by atoms with E-state index in [9.17, 15) is 9.59 Å². The molecule has 0 aliphatic rings. The highest BCUT2D eigenvalue weighted by molar-refractivity contribution is 6.00. The predicted molar refractivity (Wildman–Crippen MR) is 75.8 cm³/mol. The number of benzene rings is 1. The van der Waals surface area contributed by atoms with Crippen molar-refractivity contribution in [2.45, 2.75) is 26.7 Å². The minimum absolute atomic E-state index is 0.0302. The van der Waals surface area contributed by atoms with E-state index in [4.69, 9.17) is 0 Å². The summed E-state index contributed by atoms with van der Waals surface area (Å²) in [5.74, 6) is -0.0689. The number of ketones is 2. The number of carbonyl (C=O) groups is 2. The molecule has 0 aliphatic heterocycles. The third kappa shape index (κ3) is 3.35. The van der Waals surface area contributed by atoms with Gasteiger partial charge in [-0.2, -0.15) is 0 Å². The Labute approximate surface area is 117 Å². The van der Waals surface area contributed by atoms with Gasteiger partial charge in [-0.1, -0.05) is 12.1 Å². The molecular formula is C16H16N2O2. The Morgan fingerprint density at radius 3 is 2.25 bits per heavy atom. The first-order chi connectivity index (χ1) is 9.58. The molecule has 0 unspecified atom stereocenters. The molecular weight excluding hydrogens is 252 g/mol. The first-order valence-corrected chi connectivity index (χ1v) is 6.48. The van der Waals surface area contributed by atoms with Gasteiger partial charge in [-0.3, -0.25) is 9.59 Å². The number of rotatable bonds is 5. The van der Waals surface area contributed by atoms with Crippen LogP contribution in [0.1, 0.15) is 44.9 Å². The molecule has 102 valence electrons. The van der Waals surface area contributed by atoms with Crippen LogP contribution in [0.5, 0.6) is 0 Å². The average molecular weight is 268 g/mol. The molecule has 2 rings (SSSR count). The van der Waals surface area contributed by atoms with Crippen molar-refractivity contribution in [1.82, 2.24) is 9.97 Å². The highest BCUT2D eigenvalue weighted by atomic mass is 16.1. The summed E-state index contributed by atoms with van der Waals surface area (Å²) in [6, 6.07) is 7.23. The molecule has 4 nitrogen and oxygen atoms in total. The third-order valence-electron chi connectivity index (χ3n) is 3.22. The lowest BCUT2D eigenvalue weighted by Gasteiger charge is -2.04. The van der Waals surface area contributed by atoms with Gasteiger partial charge in [0.2, 0.25) is 0 Å². The van der Waals surface area contributed by atoms with Crippen LogP contribution in [0.4, 0.5) is 0 Å². The first kappa shape index (κ1) is 14.1. The smallest absolute Gasteiger partial charge is 0.200 e. The van der Waals surface area contributed by atoms with Gasteiger partial charge in [0.15, 0.2) is 17.4 Å². The Morgan fingerprint density at radius 1 is 0.950 bits per heavy atom. The summed E-state index contributed by atoms with van der Waals surface area (Å²) in [7, 11) is 0. The quantitative estimate of drug-likeness (QED) is 0.782. The van der Waals surface area contributed by atoms with Gasteiger partial charge in [-0.15, -0.1) is 0 Å². The maximum atomic E-state index is 12.1. The van der Waals surface area contributed by atoms with Gasteiger partial charge in [-0.05, 0) is 37.1 Å². The summed E-state index contributed by atoms with van der Waals surface area (Å²) in [5, 5.41) is 0. The van der Waals surface area contributed by atoms with Crippen LogP contribution >= 0.6 is 0 Å². The number of aromatic nitrogens is 2. The molecule has 0 aliphatic carbocycles. The maximum absolute atomic E-state index is 12.1. The molecule has 0 amide bonds. The second-order valence-corrected chi connectivity index (χ2v) is 4.72. The van der Waals surface area contributed by atoms with Crippen LogP contribution in [0.3, 0.4) is 0 Å². The molecule has 1 heterocycles. The lowest BCUT2D eigenvalue weighted by Crippen LogP contribution is -2.08. The van der Waals surface area contributed by atoms with Crippen LogP contribution in [-0.2, 0) is 0 Å². The Balaban J connectivity index is 1.98. The fraction of sp³-hybridized carbons (Fsp3) is 0.250. The zero-order valence-electron chi connectivity index (χ0n) is 11.6. The third-order valence-corrected chi connectivity index (χ3v) is 3.22. The molecule has 1 aromatic carbocycles. The number of hydrogen-bond acceptors (Lipinski definition) is 4. The van der Waals surface area contributed by atoms with Crippen molar-refractivity contribution in [3.05, 3.63) is 59.2 Å². The number of aryl methyl sites for hydroxylation is 2. The van der Waals surface area contributed by atoms with Crippen molar-refractivity contribution in [3.63, 3.8) is 0 Å². The van der Waals surface area contributed by atoms with Crippen molar-refractivity contribution >= 4 is 11.6 Å². The van der Waals surface area contributed by atoms with Crippen LogP contribution in [-0.4, -0.2) is 21.5 Å².